The zero-order valence-electron chi connectivity index (χ0n) is 14.1. The third-order valence-electron chi connectivity index (χ3n) is 4.79. The Kier molecular flexibility index (Phi) is 5.10. The summed E-state index contributed by atoms with van der Waals surface area (Å²) in [6.45, 7) is 5.93. The predicted octanol–water partition coefficient (Wildman–Crippen LogP) is 0.420. The molecule has 2 saturated heterocycles. The first-order valence-corrected chi connectivity index (χ1v) is 10.3. The number of rotatable bonds is 4. The molecule has 132 valence electrons. The molecule has 2 aliphatic heterocycles. The summed E-state index contributed by atoms with van der Waals surface area (Å²) in [7, 11) is -2.95. The summed E-state index contributed by atoms with van der Waals surface area (Å²) in [4.78, 5) is 16.6. The van der Waals surface area contributed by atoms with Gasteiger partial charge in [0.1, 0.15) is 0 Å². The summed E-state index contributed by atoms with van der Waals surface area (Å²) >= 11 is 0. The number of anilines is 1. The first-order valence-electron chi connectivity index (χ1n) is 8.46. The highest BCUT2D eigenvalue weighted by Gasteiger charge is 2.29. The van der Waals surface area contributed by atoms with Crippen LogP contribution in [0, 0.1) is 6.92 Å². The van der Waals surface area contributed by atoms with Crippen LogP contribution in [0.3, 0.4) is 0 Å². The molecule has 1 atom stereocenters. The monoisotopic (exact) mass is 351 g/mol. The number of piperazine rings is 1. The minimum Gasteiger partial charge on any atom is -0.369 e. The van der Waals surface area contributed by atoms with E-state index in [9.17, 15) is 13.2 Å². The molecule has 1 aromatic rings. The molecule has 2 fully saturated rings. The maximum Gasteiger partial charge on any atom is 0.234 e. The number of nitrogens with one attached hydrogen (secondary N) is 1. The highest BCUT2D eigenvalue weighted by molar-refractivity contribution is 7.91. The number of hydrogen-bond donors (Lipinski definition) is 1. The van der Waals surface area contributed by atoms with Crippen LogP contribution in [0.15, 0.2) is 24.3 Å². The first kappa shape index (κ1) is 17.2. The minimum absolute atomic E-state index is 0.0681. The van der Waals surface area contributed by atoms with E-state index in [0.29, 0.717) is 13.0 Å². The molecule has 1 aromatic carbocycles. The molecule has 6 nitrogen and oxygen atoms in total. The molecule has 7 heteroatoms. The molecule has 24 heavy (non-hydrogen) atoms. The molecule has 0 aromatic heterocycles. The molecule has 1 amide bonds. The molecule has 0 bridgehead atoms. The third kappa shape index (κ3) is 4.27. The standard InChI is InChI=1S/C17H25N3O3S/c1-14-4-2-3-5-16(14)20-9-7-19(8-10-20)12-17(21)18-15-6-11-24(22,23)13-15/h2-5,15H,6-13H2,1H3,(H,18,21)/t15-/m1/s1. The molecule has 0 saturated carbocycles. The summed E-state index contributed by atoms with van der Waals surface area (Å²) in [6.07, 6.45) is 0.537. The quantitative estimate of drug-likeness (QED) is 0.851. The van der Waals surface area contributed by atoms with Crippen LogP contribution in [0.25, 0.3) is 0 Å². The van der Waals surface area contributed by atoms with Crippen LogP contribution in [0.5, 0.6) is 0 Å². The van der Waals surface area contributed by atoms with Gasteiger partial charge in [0.15, 0.2) is 9.84 Å². The van der Waals surface area contributed by atoms with E-state index in [1.807, 2.05) is 6.07 Å². The van der Waals surface area contributed by atoms with Gasteiger partial charge in [-0.1, -0.05) is 18.2 Å². The van der Waals surface area contributed by atoms with E-state index in [0.717, 1.165) is 26.2 Å². The van der Waals surface area contributed by atoms with Crippen LogP contribution >= 0.6 is 0 Å². The van der Waals surface area contributed by atoms with Gasteiger partial charge < -0.3 is 10.2 Å². The predicted molar refractivity (Wildman–Crippen MR) is 95.0 cm³/mol. The summed E-state index contributed by atoms with van der Waals surface area (Å²) in [5, 5.41) is 2.86. The lowest BCUT2D eigenvalue weighted by molar-refractivity contribution is -0.122. The summed E-state index contributed by atoms with van der Waals surface area (Å²) in [5.74, 6) is 0.203. The molecule has 0 radical (unpaired) electrons. The Bertz CT molecular complexity index is 697. The largest absolute Gasteiger partial charge is 0.369 e. The van der Waals surface area contributed by atoms with E-state index < -0.39 is 9.84 Å². The smallest absolute Gasteiger partial charge is 0.234 e. The van der Waals surface area contributed by atoms with Gasteiger partial charge in [-0.2, -0.15) is 0 Å². The fourth-order valence-electron chi connectivity index (χ4n) is 3.45. The summed E-state index contributed by atoms with van der Waals surface area (Å²) in [5.41, 5.74) is 2.53. The highest BCUT2D eigenvalue weighted by Crippen LogP contribution is 2.20. The molecule has 0 unspecified atom stereocenters. The Balaban J connectivity index is 1.45. The van der Waals surface area contributed by atoms with Crippen LogP contribution in [-0.2, 0) is 14.6 Å². The van der Waals surface area contributed by atoms with Gasteiger partial charge in [0.25, 0.3) is 0 Å². The van der Waals surface area contributed by atoms with Crippen LogP contribution in [-0.4, -0.2) is 69.5 Å². The number of sulfone groups is 1. The van der Waals surface area contributed by atoms with Crippen LogP contribution in [0.1, 0.15) is 12.0 Å². The molecular formula is C17H25N3O3S. The van der Waals surface area contributed by atoms with E-state index in [4.69, 9.17) is 0 Å². The highest BCUT2D eigenvalue weighted by atomic mass is 32.2. The number of carbonyl (C=O) groups excluding carboxylic acids is 1. The van der Waals surface area contributed by atoms with Crippen molar-refractivity contribution in [3.63, 3.8) is 0 Å². The van der Waals surface area contributed by atoms with Crippen molar-refractivity contribution in [3.05, 3.63) is 29.8 Å². The molecule has 1 N–H and O–H groups in total. The number of hydrogen-bond acceptors (Lipinski definition) is 5. The van der Waals surface area contributed by atoms with Gasteiger partial charge >= 0.3 is 0 Å². The van der Waals surface area contributed by atoms with Gasteiger partial charge in [0.2, 0.25) is 5.91 Å². The lowest BCUT2D eigenvalue weighted by atomic mass is 10.1. The molecule has 2 heterocycles. The van der Waals surface area contributed by atoms with Crippen LogP contribution < -0.4 is 10.2 Å². The Labute approximate surface area is 143 Å². The first-order chi connectivity index (χ1) is 11.4. The third-order valence-corrected chi connectivity index (χ3v) is 6.56. The number of carbonyl (C=O) groups is 1. The van der Waals surface area contributed by atoms with E-state index in [1.54, 1.807) is 0 Å². The molecule has 2 aliphatic rings. The van der Waals surface area contributed by atoms with Crippen LogP contribution in [0.2, 0.25) is 0 Å². The maximum atomic E-state index is 12.1. The molecular weight excluding hydrogens is 326 g/mol. The number of benzene rings is 1. The topological polar surface area (TPSA) is 69.7 Å². The molecule has 0 aliphatic carbocycles. The van der Waals surface area contributed by atoms with E-state index >= 15 is 0 Å². The van der Waals surface area contributed by atoms with Gasteiger partial charge in [0.05, 0.1) is 18.1 Å². The second-order valence-corrected chi connectivity index (χ2v) is 8.95. The SMILES string of the molecule is Cc1ccccc1N1CCN(CC(=O)N[C@@H]2CCS(=O)(=O)C2)CC1. The van der Waals surface area contributed by atoms with Crippen LogP contribution in [0.4, 0.5) is 5.69 Å². The lowest BCUT2D eigenvalue weighted by Crippen LogP contribution is -2.50. The van der Waals surface area contributed by atoms with E-state index in [1.165, 1.54) is 11.3 Å². The van der Waals surface area contributed by atoms with Gasteiger partial charge in [0, 0.05) is 37.9 Å². The Morgan fingerprint density at radius 3 is 2.54 bits per heavy atom. The average Bonchev–Trinajstić information content (AvgIpc) is 2.87. The van der Waals surface area contributed by atoms with Crippen molar-refractivity contribution in [1.82, 2.24) is 10.2 Å². The fourth-order valence-corrected chi connectivity index (χ4v) is 5.12. The van der Waals surface area contributed by atoms with Crippen molar-refractivity contribution in [2.45, 2.75) is 19.4 Å². The summed E-state index contributed by atoms with van der Waals surface area (Å²) < 4.78 is 22.9. The van der Waals surface area contributed by atoms with Crippen molar-refractivity contribution in [1.29, 1.82) is 0 Å². The second-order valence-electron chi connectivity index (χ2n) is 6.72. The van der Waals surface area contributed by atoms with Crippen molar-refractivity contribution in [2.75, 3.05) is 49.1 Å². The van der Waals surface area contributed by atoms with E-state index in [-0.39, 0.29) is 23.5 Å². The Morgan fingerprint density at radius 1 is 1.21 bits per heavy atom. The van der Waals surface area contributed by atoms with Gasteiger partial charge in [-0.3, -0.25) is 9.69 Å². The molecule has 3 rings (SSSR count). The fraction of sp³-hybridized carbons (Fsp3) is 0.588. The Morgan fingerprint density at radius 2 is 1.92 bits per heavy atom. The van der Waals surface area contributed by atoms with Gasteiger partial charge in [-0.05, 0) is 25.0 Å². The average molecular weight is 351 g/mol. The number of para-hydroxylation sites is 1. The van der Waals surface area contributed by atoms with Crippen molar-refractivity contribution in [2.24, 2.45) is 0 Å². The maximum absolute atomic E-state index is 12.1. The summed E-state index contributed by atoms with van der Waals surface area (Å²) in [6, 6.07) is 8.14. The zero-order chi connectivity index (χ0) is 17.2. The number of nitrogens with zero attached hydrogens (tertiary/aromatic N) is 2. The Hall–Kier alpha value is -1.60. The lowest BCUT2D eigenvalue weighted by Gasteiger charge is -2.36. The molecule has 0 spiro atoms. The van der Waals surface area contributed by atoms with Crippen molar-refractivity contribution >= 4 is 21.4 Å². The number of amides is 1. The van der Waals surface area contributed by atoms with Crippen molar-refractivity contribution in [3.8, 4) is 0 Å². The zero-order valence-corrected chi connectivity index (χ0v) is 14.9. The number of aryl methyl sites for hydroxylation is 1. The van der Waals surface area contributed by atoms with Gasteiger partial charge in [-0.15, -0.1) is 0 Å². The van der Waals surface area contributed by atoms with E-state index in [2.05, 4.69) is 40.2 Å². The van der Waals surface area contributed by atoms with Gasteiger partial charge in [-0.25, -0.2) is 8.42 Å². The van der Waals surface area contributed by atoms with Crippen molar-refractivity contribution < 1.29 is 13.2 Å². The minimum atomic E-state index is -2.95. The normalized spacial score (nSPS) is 24.0. The second kappa shape index (κ2) is 7.11.